The average Bonchev–Trinajstić information content (AvgIpc) is 2.68. The zero-order chi connectivity index (χ0) is 12.3. The van der Waals surface area contributed by atoms with Crippen LogP contribution in [0.15, 0.2) is 18.2 Å². The van der Waals surface area contributed by atoms with E-state index < -0.39 is 0 Å². The highest BCUT2D eigenvalue weighted by molar-refractivity contribution is 7.19. The maximum atomic E-state index is 5.29. The lowest BCUT2D eigenvalue weighted by Crippen LogP contribution is -2.05. The zero-order valence-corrected chi connectivity index (χ0v) is 11.2. The van der Waals surface area contributed by atoms with Crippen molar-refractivity contribution >= 4 is 21.4 Å². The molecule has 1 aromatic carbocycles. The van der Waals surface area contributed by atoms with Crippen LogP contribution >= 0.6 is 11.3 Å². The molecule has 2 aromatic rings. The second-order valence-corrected chi connectivity index (χ2v) is 4.97. The molecule has 1 N–H and O–H groups in total. The first kappa shape index (κ1) is 12.4. The van der Waals surface area contributed by atoms with Crippen molar-refractivity contribution in [1.29, 1.82) is 0 Å². The molecule has 1 heterocycles. The van der Waals surface area contributed by atoms with E-state index >= 15 is 0 Å². The molecule has 0 saturated heterocycles. The molecule has 92 valence electrons. The second kappa shape index (κ2) is 5.49. The van der Waals surface area contributed by atoms with Crippen LogP contribution in [0.1, 0.15) is 10.4 Å². The van der Waals surface area contributed by atoms with Crippen molar-refractivity contribution in [3.05, 3.63) is 28.6 Å². The van der Waals surface area contributed by atoms with Gasteiger partial charge < -0.3 is 14.8 Å². The highest BCUT2D eigenvalue weighted by Crippen LogP contribution is 2.34. The molecule has 0 unspecified atom stereocenters. The van der Waals surface area contributed by atoms with Crippen LogP contribution in [0.5, 0.6) is 5.75 Å². The Labute approximate surface area is 105 Å². The van der Waals surface area contributed by atoms with Crippen molar-refractivity contribution in [3.63, 3.8) is 0 Å². The molecular weight excluding hydrogens is 234 g/mol. The summed E-state index contributed by atoms with van der Waals surface area (Å²) in [7, 11) is 5.38. The average molecular weight is 251 g/mol. The van der Waals surface area contributed by atoms with E-state index in [0.29, 0.717) is 6.61 Å². The number of benzene rings is 1. The van der Waals surface area contributed by atoms with Gasteiger partial charge in [0.2, 0.25) is 0 Å². The van der Waals surface area contributed by atoms with E-state index in [1.54, 1.807) is 14.2 Å². The van der Waals surface area contributed by atoms with Crippen molar-refractivity contribution < 1.29 is 9.47 Å². The van der Waals surface area contributed by atoms with Gasteiger partial charge >= 0.3 is 0 Å². The Hall–Kier alpha value is -1.10. The Morgan fingerprint density at radius 2 is 2.12 bits per heavy atom. The molecule has 17 heavy (non-hydrogen) atoms. The van der Waals surface area contributed by atoms with E-state index in [4.69, 9.17) is 9.47 Å². The van der Waals surface area contributed by atoms with Gasteiger partial charge in [-0.05, 0) is 25.2 Å². The largest absolute Gasteiger partial charge is 0.497 e. The normalized spacial score (nSPS) is 11.0. The molecule has 2 rings (SSSR count). The fourth-order valence-corrected chi connectivity index (χ4v) is 3.11. The third-order valence-electron chi connectivity index (χ3n) is 2.71. The lowest BCUT2D eigenvalue weighted by molar-refractivity contribution is 0.185. The lowest BCUT2D eigenvalue weighted by Gasteiger charge is -2.04. The summed E-state index contributed by atoms with van der Waals surface area (Å²) in [6.45, 7) is 1.52. The highest BCUT2D eigenvalue weighted by atomic mass is 32.1. The summed E-state index contributed by atoms with van der Waals surface area (Å²) in [5, 5.41) is 4.43. The molecule has 0 amide bonds. The number of hydrogen-bond acceptors (Lipinski definition) is 4. The molecule has 0 saturated carbocycles. The number of methoxy groups -OCH3 is 2. The van der Waals surface area contributed by atoms with E-state index in [9.17, 15) is 0 Å². The van der Waals surface area contributed by atoms with Gasteiger partial charge in [-0.3, -0.25) is 0 Å². The molecule has 0 fully saturated rings. The first-order valence-corrected chi connectivity index (χ1v) is 6.33. The van der Waals surface area contributed by atoms with E-state index in [2.05, 4.69) is 17.4 Å². The fourth-order valence-electron chi connectivity index (χ4n) is 1.91. The molecule has 0 atom stereocenters. The zero-order valence-electron chi connectivity index (χ0n) is 10.4. The van der Waals surface area contributed by atoms with Gasteiger partial charge in [-0.2, -0.15) is 0 Å². The first-order valence-electron chi connectivity index (χ1n) is 5.52. The van der Waals surface area contributed by atoms with Gasteiger partial charge in [0.05, 0.1) is 13.7 Å². The molecule has 0 aliphatic rings. The topological polar surface area (TPSA) is 30.5 Å². The fraction of sp³-hybridized carbons (Fsp3) is 0.385. The van der Waals surface area contributed by atoms with Crippen LogP contribution in [0.3, 0.4) is 0 Å². The highest BCUT2D eigenvalue weighted by Gasteiger charge is 2.12. The van der Waals surface area contributed by atoms with Gasteiger partial charge in [-0.1, -0.05) is 0 Å². The smallest absolute Gasteiger partial charge is 0.119 e. The van der Waals surface area contributed by atoms with Crippen molar-refractivity contribution in [2.24, 2.45) is 0 Å². The third kappa shape index (κ3) is 2.44. The molecule has 4 heteroatoms. The quantitative estimate of drug-likeness (QED) is 0.886. The van der Waals surface area contributed by atoms with Crippen LogP contribution in [0, 0.1) is 0 Å². The van der Waals surface area contributed by atoms with Crippen molar-refractivity contribution in [2.45, 2.75) is 13.2 Å². The monoisotopic (exact) mass is 251 g/mol. The van der Waals surface area contributed by atoms with Crippen LogP contribution < -0.4 is 10.1 Å². The Morgan fingerprint density at radius 3 is 2.76 bits per heavy atom. The number of rotatable bonds is 5. The Kier molecular flexibility index (Phi) is 3.99. The summed E-state index contributed by atoms with van der Waals surface area (Å²) < 4.78 is 11.8. The van der Waals surface area contributed by atoms with E-state index in [1.807, 2.05) is 24.5 Å². The standard InChI is InChI=1S/C13H17NO2S/c1-14-7-13-11(8-15-2)10-6-9(16-3)4-5-12(10)17-13/h4-6,14H,7-8H2,1-3H3. The Bertz CT molecular complexity index is 507. The molecule has 0 radical (unpaired) electrons. The van der Waals surface area contributed by atoms with Crippen LogP contribution in [0.25, 0.3) is 10.1 Å². The second-order valence-electron chi connectivity index (χ2n) is 3.83. The van der Waals surface area contributed by atoms with Crippen molar-refractivity contribution in [2.75, 3.05) is 21.3 Å². The SMILES string of the molecule is CNCc1sc2ccc(OC)cc2c1COC. The predicted octanol–water partition coefficient (Wildman–Crippen LogP) is 2.78. The summed E-state index contributed by atoms with van der Waals surface area (Å²) in [6, 6.07) is 6.19. The molecule has 0 aliphatic carbocycles. The number of fused-ring (bicyclic) bond motifs is 1. The Morgan fingerprint density at radius 1 is 1.29 bits per heavy atom. The van der Waals surface area contributed by atoms with Gasteiger partial charge in [0, 0.05) is 34.2 Å². The molecular formula is C13H17NO2S. The number of thiophene rings is 1. The number of hydrogen-bond donors (Lipinski definition) is 1. The van der Waals surface area contributed by atoms with Gasteiger partial charge in [-0.25, -0.2) is 0 Å². The lowest BCUT2D eigenvalue weighted by atomic mass is 10.1. The minimum atomic E-state index is 0.643. The summed E-state index contributed by atoms with van der Waals surface area (Å²) in [6.07, 6.45) is 0. The third-order valence-corrected chi connectivity index (χ3v) is 3.92. The summed E-state index contributed by atoms with van der Waals surface area (Å²) in [4.78, 5) is 1.33. The van der Waals surface area contributed by atoms with Crippen LogP contribution in [-0.4, -0.2) is 21.3 Å². The Balaban J connectivity index is 2.55. The molecule has 0 bridgehead atoms. The summed E-state index contributed by atoms with van der Waals surface area (Å²) >= 11 is 1.81. The van der Waals surface area contributed by atoms with E-state index in [1.165, 1.54) is 20.5 Å². The molecule has 0 spiro atoms. The maximum absolute atomic E-state index is 5.29. The molecule has 0 aliphatic heterocycles. The van der Waals surface area contributed by atoms with Gasteiger partial charge in [-0.15, -0.1) is 11.3 Å². The van der Waals surface area contributed by atoms with Crippen LogP contribution in [0.2, 0.25) is 0 Å². The van der Waals surface area contributed by atoms with E-state index in [0.717, 1.165) is 12.3 Å². The number of nitrogens with one attached hydrogen (secondary N) is 1. The van der Waals surface area contributed by atoms with Crippen LogP contribution in [0.4, 0.5) is 0 Å². The molecule has 3 nitrogen and oxygen atoms in total. The minimum Gasteiger partial charge on any atom is -0.497 e. The van der Waals surface area contributed by atoms with Gasteiger partial charge in [0.25, 0.3) is 0 Å². The van der Waals surface area contributed by atoms with E-state index in [-0.39, 0.29) is 0 Å². The molecule has 1 aromatic heterocycles. The minimum absolute atomic E-state index is 0.643. The summed E-state index contributed by atoms with van der Waals surface area (Å²) in [5.41, 5.74) is 1.26. The van der Waals surface area contributed by atoms with Crippen LogP contribution in [-0.2, 0) is 17.9 Å². The predicted molar refractivity (Wildman–Crippen MR) is 71.9 cm³/mol. The maximum Gasteiger partial charge on any atom is 0.119 e. The summed E-state index contributed by atoms with van der Waals surface area (Å²) in [5.74, 6) is 0.892. The van der Waals surface area contributed by atoms with Gasteiger partial charge in [0.15, 0.2) is 0 Å². The first-order chi connectivity index (χ1) is 8.30. The number of ether oxygens (including phenoxy) is 2. The van der Waals surface area contributed by atoms with Gasteiger partial charge in [0.1, 0.15) is 5.75 Å². The van der Waals surface area contributed by atoms with Crippen molar-refractivity contribution in [1.82, 2.24) is 5.32 Å². The van der Waals surface area contributed by atoms with Crippen molar-refractivity contribution in [3.8, 4) is 5.75 Å².